The van der Waals surface area contributed by atoms with E-state index in [9.17, 15) is 9.18 Å². The van der Waals surface area contributed by atoms with Gasteiger partial charge in [-0.15, -0.1) is 0 Å². The molecule has 1 heterocycles. The Labute approximate surface area is 141 Å². The Hall–Kier alpha value is -1.46. The molecule has 0 unspecified atom stereocenters. The number of aromatic nitrogens is 1. The fourth-order valence-corrected chi connectivity index (χ4v) is 3.66. The van der Waals surface area contributed by atoms with Crippen LogP contribution in [0.3, 0.4) is 0 Å². The average Bonchev–Trinajstić information content (AvgIpc) is 2.78. The first kappa shape index (κ1) is 17.9. The van der Waals surface area contributed by atoms with Gasteiger partial charge in [0.2, 0.25) is 0 Å². The minimum atomic E-state index is -0.269. The molecule has 0 radical (unpaired) electrons. The number of nitrogens with one attached hydrogen (secondary N) is 1. The highest BCUT2D eigenvalue weighted by atomic mass is 32.1. The number of thiazole rings is 1. The van der Waals surface area contributed by atoms with Crippen LogP contribution in [0.1, 0.15) is 32.6 Å². The fourth-order valence-electron chi connectivity index (χ4n) is 2.76. The molecule has 0 fully saturated rings. The molecule has 2 rings (SSSR count). The Morgan fingerprint density at radius 1 is 1.09 bits per heavy atom. The Morgan fingerprint density at radius 2 is 1.65 bits per heavy atom. The minimum absolute atomic E-state index is 0.0617. The number of H-pyrrole nitrogens is 1. The molecule has 2 aromatic rings. The molecule has 0 saturated heterocycles. The molecular formula is C18H25FN2OS. The Morgan fingerprint density at radius 3 is 2.17 bits per heavy atom. The van der Waals surface area contributed by atoms with Gasteiger partial charge < -0.3 is 4.98 Å². The fraction of sp³-hybridized carbons (Fsp3) is 0.500. The third-order valence-electron chi connectivity index (χ3n) is 3.47. The predicted octanol–water partition coefficient (Wildman–Crippen LogP) is 4.36. The molecule has 5 heteroatoms. The summed E-state index contributed by atoms with van der Waals surface area (Å²) in [5, 5.41) is 0. The summed E-state index contributed by atoms with van der Waals surface area (Å²) in [6.45, 7) is 11.5. The summed E-state index contributed by atoms with van der Waals surface area (Å²) in [5.41, 5.74) is 1.67. The number of aromatic amines is 1. The SMILES string of the molecule is CC(C)CN(Cc1sc(=O)[nH]c1-c1ccc(F)cc1)CC(C)C. The third-order valence-corrected chi connectivity index (χ3v) is 4.34. The number of rotatable bonds is 7. The van der Waals surface area contributed by atoms with E-state index >= 15 is 0 Å². The van der Waals surface area contributed by atoms with Crippen LogP contribution in [-0.4, -0.2) is 23.0 Å². The molecule has 0 spiro atoms. The molecule has 0 aliphatic carbocycles. The van der Waals surface area contributed by atoms with Gasteiger partial charge in [-0.3, -0.25) is 9.69 Å². The molecule has 3 nitrogen and oxygen atoms in total. The first-order chi connectivity index (χ1) is 10.8. The van der Waals surface area contributed by atoms with Crippen molar-refractivity contribution in [1.82, 2.24) is 9.88 Å². The topological polar surface area (TPSA) is 36.1 Å². The van der Waals surface area contributed by atoms with Crippen molar-refractivity contribution in [2.24, 2.45) is 11.8 Å². The van der Waals surface area contributed by atoms with Gasteiger partial charge in [0.15, 0.2) is 0 Å². The molecule has 0 aliphatic heterocycles. The van der Waals surface area contributed by atoms with Gasteiger partial charge in [0.25, 0.3) is 0 Å². The normalized spacial score (nSPS) is 11.8. The zero-order valence-electron chi connectivity index (χ0n) is 14.2. The summed E-state index contributed by atoms with van der Waals surface area (Å²) in [4.78, 5) is 18.1. The lowest BCUT2D eigenvalue weighted by atomic mass is 10.1. The van der Waals surface area contributed by atoms with Gasteiger partial charge >= 0.3 is 4.87 Å². The molecular weight excluding hydrogens is 311 g/mol. The number of nitrogens with zero attached hydrogens (tertiary/aromatic N) is 1. The zero-order valence-corrected chi connectivity index (χ0v) is 15.0. The second-order valence-corrected chi connectivity index (χ2v) is 7.87. The Kier molecular flexibility index (Phi) is 6.13. The highest BCUT2D eigenvalue weighted by Crippen LogP contribution is 2.25. The van der Waals surface area contributed by atoms with Crippen molar-refractivity contribution in [3.8, 4) is 11.3 Å². The lowest BCUT2D eigenvalue weighted by Gasteiger charge is -2.25. The molecule has 0 saturated carbocycles. The van der Waals surface area contributed by atoms with Crippen molar-refractivity contribution in [1.29, 1.82) is 0 Å². The number of benzene rings is 1. The van der Waals surface area contributed by atoms with Crippen LogP contribution in [0.25, 0.3) is 11.3 Å². The minimum Gasteiger partial charge on any atom is -0.312 e. The van der Waals surface area contributed by atoms with E-state index in [1.165, 1.54) is 23.5 Å². The molecule has 0 bridgehead atoms. The van der Waals surface area contributed by atoms with Crippen LogP contribution in [0.2, 0.25) is 0 Å². The quantitative estimate of drug-likeness (QED) is 0.815. The van der Waals surface area contributed by atoms with Crippen molar-refractivity contribution >= 4 is 11.3 Å². The first-order valence-corrected chi connectivity index (χ1v) is 8.87. The van der Waals surface area contributed by atoms with E-state index in [0.29, 0.717) is 11.8 Å². The molecule has 0 aliphatic rings. The molecule has 1 aromatic carbocycles. The molecule has 0 amide bonds. The van der Waals surface area contributed by atoms with Crippen LogP contribution >= 0.6 is 11.3 Å². The standard InChI is InChI=1S/C18H25FN2OS/c1-12(2)9-21(10-13(3)4)11-16-17(20-18(22)23-16)14-5-7-15(19)8-6-14/h5-8,12-13H,9-11H2,1-4H3,(H,20,22). The van der Waals surface area contributed by atoms with E-state index in [0.717, 1.165) is 35.8 Å². The van der Waals surface area contributed by atoms with Gasteiger partial charge in [0.1, 0.15) is 5.82 Å². The van der Waals surface area contributed by atoms with E-state index in [4.69, 9.17) is 0 Å². The van der Waals surface area contributed by atoms with Crippen LogP contribution < -0.4 is 4.87 Å². The van der Waals surface area contributed by atoms with Gasteiger partial charge in [-0.1, -0.05) is 39.0 Å². The molecule has 1 aromatic heterocycles. The molecule has 1 N–H and O–H groups in total. The maximum absolute atomic E-state index is 13.1. The van der Waals surface area contributed by atoms with Gasteiger partial charge in [-0.2, -0.15) is 0 Å². The molecule has 23 heavy (non-hydrogen) atoms. The van der Waals surface area contributed by atoms with Crippen molar-refractivity contribution in [2.75, 3.05) is 13.1 Å². The van der Waals surface area contributed by atoms with Crippen molar-refractivity contribution < 1.29 is 4.39 Å². The molecule has 0 atom stereocenters. The predicted molar refractivity (Wildman–Crippen MR) is 95.3 cm³/mol. The smallest absolute Gasteiger partial charge is 0.305 e. The summed E-state index contributed by atoms with van der Waals surface area (Å²) in [6.07, 6.45) is 0. The van der Waals surface area contributed by atoms with Crippen molar-refractivity contribution in [3.05, 3.63) is 44.6 Å². The summed E-state index contributed by atoms with van der Waals surface area (Å²) in [6, 6.07) is 6.28. The molecule has 126 valence electrons. The van der Waals surface area contributed by atoms with Crippen molar-refractivity contribution in [2.45, 2.75) is 34.2 Å². The van der Waals surface area contributed by atoms with Gasteiger partial charge in [0.05, 0.1) is 5.69 Å². The zero-order chi connectivity index (χ0) is 17.0. The largest absolute Gasteiger partial charge is 0.312 e. The van der Waals surface area contributed by atoms with Crippen LogP contribution in [0.5, 0.6) is 0 Å². The van der Waals surface area contributed by atoms with E-state index in [2.05, 4.69) is 37.6 Å². The van der Waals surface area contributed by atoms with Crippen LogP contribution in [0.4, 0.5) is 4.39 Å². The van der Waals surface area contributed by atoms with E-state index in [-0.39, 0.29) is 10.7 Å². The monoisotopic (exact) mass is 336 g/mol. The maximum atomic E-state index is 13.1. The van der Waals surface area contributed by atoms with Crippen LogP contribution in [0, 0.1) is 17.7 Å². The van der Waals surface area contributed by atoms with Gasteiger partial charge in [-0.05, 0) is 41.7 Å². The summed E-state index contributed by atoms with van der Waals surface area (Å²) in [7, 11) is 0. The van der Waals surface area contributed by atoms with E-state index in [1.54, 1.807) is 12.1 Å². The maximum Gasteiger partial charge on any atom is 0.305 e. The van der Waals surface area contributed by atoms with Crippen LogP contribution in [-0.2, 0) is 6.54 Å². The Bertz CT molecular complexity index is 663. The number of hydrogen-bond acceptors (Lipinski definition) is 3. The first-order valence-electron chi connectivity index (χ1n) is 8.05. The average molecular weight is 336 g/mol. The van der Waals surface area contributed by atoms with Gasteiger partial charge in [0, 0.05) is 24.5 Å². The van der Waals surface area contributed by atoms with Crippen LogP contribution in [0.15, 0.2) is 29.1 Å². The second kappa shape index (κ2) is 7.88. The lowest BCUT2D eigenvalue weighted by molar-refractivity contribution is 0.213. The van der Waals surface area contributed by atoms with E-state index < -0.39 is 0 Å². The van der Waals surface area contributed by atoms with E-state index in [1.807, 2.05) is 0 Å². The van der Waals surface area contributed by atoms with Gasteiger partial charge in [-0.25, -0.2) is 4.39 Å². The summed E-state index contributed by atoms with van der Waals surface area (Å²) >= 11 is 1.25. The number of hydrogen-bond donors (Lipinski definition) is 1. The number of halogens is 1. The third kappa shape index (κ3) is 5.29. The highest BCUT2D eigenvalue weighted by Gasteiger charge is 2.16. The summed E-state index contributed by atoms with van der Waals surface area (Å²) in [5.74, 6) is 0.867. The Balaban J connectivity index is 2.27. The highest BCUT2D eigenvalue weighted by molar-refractivity contribution is 7.09. The van der Waals surface area contributed by atoms with Crippen molar-refractivity contribution in [3.63, 3.8) is 0 Å². The summed E-state index contributed by atoms with van der Waals surface area (Å²) < 4.78 is 13.1. The lowest BCUT2D eigenvalue weighted by Crippen LogP contribution is -2.30. The second-order valence-electron chi connectivity index (χ2n) is 6.80.